The third kappa shape index (κ3) is 1.69. The van der Waals surface area contributed by atoms with Crippen molar-refractivity contribution in [3.63, 3.8) is 0 Å². The van der Waals surface area contributed by atoms with Crippen LogP contribution in [0, 0.1) is 11.7 Å². The smallest absolute Gasteiger partial charge is 0.385 e. The van der Waals surface area contributed by atoms with E-state index < -0.39 is 23.2 Å². The Morgan fingerprint density at radius 3 is 2.38 bits per heavy atom. The zero-order chi connectivity index (χ0) is 12.1. The molecule has 2 atom stereocenters. The summed E-state index contributed by atoms with van der Waals surface area (Å²) < 4.78 is 50.5. The van der Waals surface area contributed by atoms with Crippen molar-refractivity contribution in [1.82, 2.24) is 0 Å². The summed E-state index contributed by atoms with van der Waals surface area (Å²) in [5.41, 5.74) is -2.61. The van der Waals surface area contributed by atoms with Crippen molar-refractivity contribution in [3.05, 3.63) is 35.1 Å². The summed E-state index contributed by atoms with van der Waals surface area (Å²) in [7, 11) is 0. The molecule has 0 spiro atoms. The number of rotatable bonds is 1. The monoisotopic (exact) mass is 234 g/mol. The van der Waals surface area contributed by atoms with Gasteiger partial charge in [-0.1, -0.05) is 6.92 Å². The molecule has 0 aromatic heterocycles. The molecule has 0 amide bonds. The normalized spacial score (nSPS) is 29.2. The van der Waals surface area contributed by atoms with Gasteiger partial charge in [0.25, 0.3) is 0 Å². The Kier molecular flexibility index (Phi) is 2.28. The SMILES string of the molecule is CC1CC1(O)c1cc(C(F)(F)F)ccc1F. The second-order valence-electron chi connectivity index (χ2n) is 4.22. The van der Waals surface area contributed by atoms with Crippen LogP contribution in [0.5, 0.6) is 0 Å². The van der Waals surface area contributed by atoms with Crippen LogP contribution >= 0.6 is 0 Å². The van der Waals surface area contributed by atoms with E-state index in [4.69, 9.17) is 0 Å². The number of hydrogen-bond donors (Lipinski definition) is 1. The molecule has 5 heteroatoms. The van der Waals surface area contributed by atoms with Gasteiger partial charge < -0.3 is 5.11 Å². The van der Waals surface area contributed by atoms with Crippen LogP contribution in [0.3, 0.4) is 0 Å². The van der Waals surface area contributed by atoms with Crippen LogP contribution in [0.4, 0.5) is 17.6 Å². The zero-order valence-electron chi connectivity index (χ0n) is 8.48. The molecule has 0 aliphatic heterocycles. The first-order valence-electron chi connectivity index (χ1n) is 4.85. The minimum absolute atomic E-state index is 0.203. The second kappa shape index (κ2) is 3.20. The molecule has 0 radical (unpaired) electrons. The lowest BCUT2D eigenvalue weighted by Crippen LogP contribution is -2.13. The molecule has 1 fully saturated rings. The van der Waals surface area contributed by atoms with E-state index in [2.05, 4.69) is 0 Å². The second-order valence-corrected chi connectivity index (χ2v) is 4.22. The van der Waals surface area contributed by atoms with Crippen molar-refractivity contribution >= 4 is 0 Å². The van der Waals surface area contributed by atoms with Crippen LogP contribution in [0.25, 0.3) is 0 Å². The molecule has 2 rings (SSSR count). The molecule has 88 valence electrons. The highest BCUT2D eigenvalue weighted by molar-refractivity contribution is 5.35. The van der Waals surface area contributed by atoms with Crippen LogP contribution in [-0.2, 0) is 11.8 Å². The van der Waals surface area contributed by atoms with Gasteiger partial charge in [-0.15, -0.1) is 0 Å². The largest absolute Gasteiger partial charge is 0.416 e. The predicted octanol–water partition coefficient (Wildman–Crippen LogP) is 3.07. The van der Waals surface area contributed by atoms with Gasteiger partial charge in [-0.2, -0.15) is 13.2 Å². The van der Waals surface area contributed by atoms with Crippen molar-refractivity contribution in [2.45, 2.75) is 25.1 Å². The lowest BCUT2D eigenvalue weighted by Gasteiger charge is -2.14. The Balaban J connectivity index is 2.46. The fourth-order valence-electron chi connectivity index (χ4n) is 1.82. The Bertz CT molecular complexity index is 426. The van der Waals surface area contributed by atoms with Gasteiger partial charge in [0, 0.05) is 5.56 Å². The molecular weight excluding hydrogens is 224 g/mol. The molecule has 1 nitrogen and oxygen atoms in total. The van der Waals surface area contributed by atoms with Crippen molar-refractivity contribution in [1.29, 1.82) is 0 Å². The van der Waals surface area contributed by atoms with Crippen molar-refractivity contribution in [3.8, 4) is 0 Å². The first kappa shape index (κ1) is 11.4. The summed E-state index contributed by atoms with van der Waals surface area (Å²) in [6.07, 6.45) is -4.22. The maximum Gasteiger partial charge on any atom is 0.416 e. The molecule has 1 aliphatic rings. The zero-order valence-corrected chi connectivity index (χ0v) is 8.48. The molecule has 1 aromatic rings. The number of alkyl halides is 3. The van der Waals surface area contributed by atoms with E-state index in [-0.39, 0.29) is 11.5 Å². The fourth-order valence-corrected chi connectivity index (χ4v) is 1.82. The van der Waals surface area contributed by atoms with Crippen molar-refractivity contribution in [2.75, 3.05) is 0 Å². The minimum Gasteiger partial charge on any atom is -0.385 e. The van der Waals surface area contributed by atoms with Gasteiger partial charge in [-0.3, -0.25) is 0 Å². The highest BCUT2D eigenvalue weighted by atomic mass is 19.4. The maximum atomic E-state index is 13.3. The van der Waals surface area contributed by atoms with E-state index in [0.29, 0.717) is 18.6 Å². The number of aliphatic hydroxyl groups is 1. The van der Waals surface area contributed by atoms with E-state index in [1.54, 1.807) is 6.92 Å². The standard InChI is InChI=1S/C11H10F4O/c1-6-5-10(6,16)8-4-7(11(13,14)15)2-3-9(8)12/h2-4,6,16H,5H2,1H3. The summed E-state index contributed by atoms with van der Waals surface area (Å²) >= 11 is 0. The van der Waals surface area contributed by atoms with Gasteiger partial charge in [0.15, 0.2) is 0 Å². The van der Waals surface area contributed by atoms with E-state index in [0.717, 1.165) is 6.07 Å². The van der Waals surface area contributed by atoms with Gasteiger partial charge in [0.1, 0.15) is 5.82 Å². The van der Waals surface area contributed by atoms with Crippen molar-refractivity contribution < 1.29 is 22.7 Å². The Hall–Kier alpha value is -1.10. The number of hydrogen-bond acceptors (Lipinski definition) is 1. The summed E-state index contributed by atoms with van der Waals surface area (Å²) in [6, 6.07) is 2.12. The molecule has 16 heavy (non-hydrogen) atoms. The minimum atomic E-state index is -4.52. The molecule has 0 bridgehead atoms. The molecule has 1 aromatic carbocycles. The number of halogens is 4. The third-order valence-electron chi connectivity index (χ3n) is 3.03. The molecule has 0 heterocycles. The average molecular weight is 234 g/mol. The summed E-state index contributed by atoms with van der Waals surface area (Å²) in [5.74, 6) is -0.995. The highest BCUT2D eigenvalue weighted by Gasteiger charge is 2.53. The van der Waals surface area contributed by atoms with E-state index in [1.807, 2.05) is 0 Å². The topological polar surface area (TPSA) is 20.2 Å². The molecule has 0 saturated heterocycles. The first-order valence-corrected chi connectivity index (χ1v) is 4.85. The average Bonchev–Trinajstić information content (AvgIpc) is 2.74. The fraction of sp³-hybridized carbons (Fsp3) is 0.455. The Morgan fingerprint density at radius 2 is 1.94 bits per heavy atom. The maximum absolute atomic E-state index is 13.3. The number of benzene rings is 1. The molecule has 1 aliphatic carbocycles. The quantitative estimate of drug-likeness (QED) is 0.740. The van der Waals surface area contributed by atoms with Crippen LogP contribution in [0.1, 0.15) is 24.5 Å². The summed E-state index contributed by atoms with van der Waals surface area (Å²) in [5, 5.41) is 9.83. The van der Waals surface area contributed by atoms with Crippen molar-refractivity contribution in [2.24, 2.45) is 5.92 Å². The van der Waals surface area contributed by atoms with Gasteiger partial charge in [0.05, 0.1) is 11.2 Å². The lowest BCUT2D eigenvalue weighted by atomic mass is 10.0. The van der Waals surface area contributed by atoms with Gasteiger partial charge in [-0.25, -0.2) is 4.39 Å². The first-order chi connectivity index (χ1) is 7.25. The van der Waals surface area contributed by atoms with Gasteiger partial charge in [0.2, 0.25) is 0 Å². The molecule has 1 saturated carbocycles. The van der Waals surface area contributed by atoms with Crippen LogP contribution in [0.15, 0.2) is 18.2 Å². The molecule has 1 N–H and O–H groups in total. The van der Waals surface area contributed by atoms with E-state index in [9.17, 15) is 22.7 Å². The van der Waals surface area contributed by atoms with E-state index >= 15 is 0 Å². The van der Waals surface area contributed by atoms with Gasteiger partial charge in [-0.05, 0) is 30.5 Å². The van der Waals surface area contributed by atoms with E-state index in [1.165, 1.54) is 0 Å². The molecular formula is C11H10F4O. The Morgan fingerprint density at radius 1 is 1.38 bits per heavy atom. The summed E-state index contributed by atoms with van der Waals surface area (Å²) in [4.78, 5) is 0. The van der Waals surface area contributed by atoms with Crippen LogP contribution in [-0.4, -0.2) is 5.11 Å². The predicted molar refractivity (Wildman–Crippen MR) is 49.1 cm³/mol. The van der Waals surface area contributed by atoms with Crippen LogP contribution in [0.2, 0.25) is 0 Å². The third-order valence-corrected chi connectivity index (χ3v) is 3.03. The summed E-state index contributed by atoms with van der Waals surface area (Å²) in [6.45, 7) is 1.67. The molecule has 2 unspecified atom stereocenters. The highest BCUT2D eigenvalue weighted by Crippen LogP contribution is 2.52. The van der Waals surface area contributed by atoms with Gasteiger partial charge >= 0.3 is 6.18 Å². The van der Waals surface area contributed by atoms with Crippen LogP contribution < -0.4 is 0 Å². The lowest BCUT2D eigenvalue weighted by molar-refractivity contribution is -0.137. The Labute approximate surface area is 89.7 Å².